The molecule has 1 unspecified atom stereocenters. The Morgan fingerprint density at radius 2 is 2.32 bits per heavy atom. The van der Waals surface area contributed by atoms with Crippen molar-refractivity contribution < 1.29 is 9.53 Å². The molecule has 0 spiro atoms. The Labute approximate surface area is 118 Å². The number of amides is 1. The van der Waals surface area contributed by atoms with Gasteiger partial charge in [-0.25, -0.2) is 4.98 Å². The highest BCUT2D eigenvalue weighted by Gasteiger charge is 2.14. The molecular weight excluding hydrogens is 266 g/mol. The maximum Gasteiger partial charge on any atom is 0.253 e. The molecule has 1 aromatic heterocycles. The average molecular weight is 286 g/mol. The molecule has 1 amide bonds. The van der Waals surface area contributed by atoms with E-state index in [2.05, 4.69) is 22.5 Å². The highest BCUT2D eigenvalue weighted by Crippen LogP contribution is 2.18. The number of rotatable bonds is 7. The second kappa shape index (κ2) is 7.96. The van der Waals surface area contributed by atoms with Crippen LogP contribution >= 0.6 is 11.6 Å². The summed E-state index contributed by atoms with van der Waals surface area (Å²) in [5.41, 5.74) is 0.415. The molecule has 19 heavy (non-hydrogen) atoms. The first kappa shape index (κ1) is 15.7. The van der Waals surface area contributed by atoms with E-state index in [0.717, 1.165) is 13.0 Å². The molecule has 1 aromatic rings. The summed E-state index contributed by atoms with van der Waals surface area (Å²) in [4.78, 5) is 16.2. The van der Waals surface area contributed by atoms with Gasteiger partial charge in [-0.2, -0.15) is 0 Å². The molecule has 5 nitrogen and oxygen atoms in total. The second-order valence-corrected chi connectivity index (χ2v) is 4.71. The lowest BCUT2D eigenvalue weighted by Gasteiger charge is -2.14. The Bertz CT molecular complexity index is 426. The number of carbonyl (C=O) groups is 1. The third-order valence-corrected chi connectivity index (χ3v) is 2.75. The number of hydrogen-bond donors (Lipinski definition) is 2. The van der Waals surface area contributed by atoms with E-state index in [9.17, 15) is 4.79 Å². The largest absolute Gasteiger partial charge is 0.383 e. The summed E-state index contributed by atoms with van der Waals surface area (Å²) in [5, 5.41) is 6.28. The Hall–Kier alpha value is -1.33. The Kier molecular flexibility index (Phi) is 6.59. The highest BCUT2D eigenvalue weighted by molar-refractivity contribution is 6.33. The number of methoxy groups -OCH3 is 1. The summed E-state index contributed by atoms with van der Waals surface area (Å²) in [6.07, 6.45) is 2.46. The zero-order valence-corrected chi connectivity index (χ0v) is 12.3. The summed E-state index contributed by atoms with van der Waals surface area (Å²) in [5.74, 6) is 0.423. The van der Waals surface area contributed by atoms with Crippen LogP contribution in [0.25, 0.3) is 0 Å². The minimum absolute atomic E-state index is 0.0752. The molecular formula is C13H20ClN3O2. The van der Waals surface area contributed by atoms with Gasteiger partial charge >= 0.3 is 0 Å². The van der Waals surface area contributed by atoms with E-state index in [0.29, 0.717) is 23.0 Å². The molecule has 106 valence electrons. The van der Waals surface area contributed by atoms with Gasteiger partial charge in [0.2, 0.25) is 0 Å². The van der Waals surface area contributed by atoms with E-state index >= 15 is 0 Å². The maximum atomic E-state index is 12.1. The topological polar surface area (TPSA) is 63.2 Å². The van der Waals surface area contributed by atoms with Crippen molar-refractivity contribution in [2.75, 3.05) is 25.6 Å². The molecule has 0 aliphatic rings. The predicted octanol–water partition coefficient (Wildman–Crippen LogP) is 2.32. The number of pyridine rings is 1. The molecule has 0 aliphatic carbocycles. The average Bonchev–Trinajstić information content (AvgIpc) is 2.37. The lowest BCUT2D eigenvalue weighted by Crippen LogP contribution is -2.35. The molecule has 0 saturated carbocycles. The Balaban J connectivity index is 2.77. The molecule has 0 fully saturated rings. The van der Waals surface area contributed by atoms with Crippen LogP contribution in [0, 0.1) is 0 Å². The first-order valence-electron chi connectivity index (χ1n) is 6.27. The van der Waals surface area contributed by atoms with E-state index < -0.39 is 0 Å². The molecule has 0 radical (unpaired) electrons. The van der Waals surface area contributed by atoms with Gasteiger partial charge < -0.3 is 15.4 Å². The van der Waals surface area contributed by atoms with Gasteiger partial charge in [-0.05, 0) is 19.4 Å². The zero-order valence-electron chi connectivity index (χ0n) is 11.5. The fourth-order valence-corrected chi connectivity index (χ4v) is 1.74. The third-order valence-electron chi connectivity index (χ3n) is 2.45. The van der Waals surface area contributed by atoms with Gasteiger partial charge in [-0.1, -0.05) is 18.5 Å². The van der Waals surface area contributed by atoms with Crippen molar-refractivity contribution in [2.45, 2.75) is 26.3 Å². The number of carbonyl (C=O) groups excluding carboxylic acids is 1. The smallest absolute Gasteiger partial charge is 0.253 e. The normalized spacial score (nSPS) is 12.0. The summed E-state index contributed by atoms with van der Waals surface area (Å²) in [6.45, 7) is 5.18. The quantitative estimate of drug-likeness (QED) is 0.807. The first-order valence-corrected chi connectivity index (χ1v) is 6.65. The van der Waals surface area contributed by atoms with Gasteiger partial charge in [0.1, 0.15) is 5.82 Å². The number of nitrogens with one attached hydrogen (secondary N) is 2. The number of hydrogen-bond acceptors (Lipinski definition) is 4. The molecule has 0 aromatic carbocycles. The Morgan fingerprint density at radius 1 is 1.58 bits per heavy atom. The van der Waals surface area contributed by atoms with Gasteiger partial charge in [0.25, 0.3) is 5.91 Å². The number of anilines is 1. The van der Waals surface area contributed by atoms with Gasteiger partial charge in [0.15, 0.2) is 0 Å². The predicted molar refractivity (Wildman–Crippen MR) is 76.8 cm³/mol. The van der Waals surface area contributed by atoms with Gasteiger partial charge in [-0.3, -0.25) is 4.79 Å². The van der Waals surface area contributed by atoms with Crippen LogP contribution in [0.2, 0.25) is 5.02 Å². The van der Waals surface area contributed by atoms with Crippen molar-refractivity contribution >= 4 is 23.3 Å². The lowest BCUT2D eigenvalue weighted by molar-refractivity contribution is 0.0905. The van der Waals surface area contributed by atoms with E-state index in [4.69, 9.17) is 16.3 Å². The highest BCUT2D eigenvalue weighted by atomic mass is 35.5. The molecule has 0 bridgehead atoms. The monoisotopic (exact) mass is 285 g/mol. The standard InChI is InChI=1S/C13H20ClN3O2/c1-4-5-15-12-6-10(11(14)7-16-12)13(18)17-9(2)8-19-3/h6-7,9H,4-5,8H2,1-3H3,(H,15,16)(H,17,18). The summed E-state index contributed by atoms with van der Waals surface area (Å²) >= 11 is 6.00. The third kappa shape index (κ3) is 5.04. The number of aromatic nitrogens is 1. The van der Waals surface area contributed by atoms with Crippen molar-refractivity contribution in [3.05, 3.63) is 22.8 Å². The zero-order chi connectivity index (χ0) is 14.3. The van der Waals surface area contributed by atoms with Gasteiger partial charge in [0.05, 0.1) is 17.2 Å². The van der Waals surface area contributed by atoms with Gasteiger partial charge in [0, 0.05) is 25.9 Å². The van der Waals surface area contributed by atoms with E-state index in [1.807, 2.05) is 6.92 Å². The van der Waals surface area contributed by atoms with E-state index in [1.54, 1.807) is 13.2 Å². The van der Waals surface area contributed by atoms with E-state index in [1.165, 1.54) is 6.20 Å². The minimum Gasteiger partial charge on any atom is -0.383 e. The number of ether oxygens (including phenoxy) is 1. The van der Waals surface area contributed by atoms with E-state index in [-0.39, 0.29) is 11.9 Å². The van der Waals surface area contributed by atoms with Crippen molar-refractivity contribution in [2.24, 2.45) is 0 Å². The van der Waals surface area contributed by atoms with Crippen LogP contribution in [0.4, 0.5) is 5.82 Å². The summed E-state index contributed by atoms with van der Waals surface area (Å²) < 4.78 is 4.98. The maximum absolute atomic E-state index is 12.1. The van der Waals surface area contributed by atoms with Crippen LogP contribution in [0.15, 0.2) is 12.3 Å². The van der Waals surface area contributed by atoms with Crippen molar-refractivity contribution in [3.8, 4) is 0 Å². The molecule has 2 N–H and O–H groups in total. The van der Waals surface area contributed by atoms with Crippen LogP contribution in [-0.2, 0) is 4.74 Å². The van der Waals surface area contributed by atoms with Gasteiger partial charge in [-0.15, -0.1) is 0 Å². The molecule has 1 heterocycles. The first-order chi connectivity index (χ1) is 9.08. The van der Waals surface area contributed by atoms with Crippen LogP contribution in [0.1, 0.15) is 30.6 Å². The molecule has 6 heteroatoms. The van der Waals surface area contributed by atoms with Crippen molar-refractivity contribution in [1.29, 1.82) is 0 Å². The molecule has 0 aliphatic heterocycles. The second-order valence-electron chi connectivity index (χ2n) is 4.31. The fraction of sp³-hybridized carbons (Fsp3) is 0.538. The van der Waals surface area contributed by atoms with Crippen LogP contribution in [0.5, 0.6) is 0 Å². The Morgan fingerprint density at radius 3 is 2.95 bits per heavy atom. The SMILES string of the molecule is CCCNc1cc(C(=O)NC(C)COC)c(Cl)cn1. The molecule has 1 atom stereocenters. The van der Waals surface area contributed by atoms with Crippen molar-refractivity contribution in [3.63, 3.8) is 0 Å². The van der Waals surface area contributed by atoms with Crippen LogP contribution < -0.4 is 10.6 Å². The molecule has 1 rings (SSSR count). The number of halogens is 1. The molecule has 0 saturated heterocycles. The number of nitrogens with zero attached hydrogens (tertiary/aromatic N) is 1. The van der Waals surface area contributed by atoms with Crippen LogP contribution in [-0.4, -0.2) is 37.2 Å². The fourth-order valence-electron chi connectivity index (χ4n) is 1.56. The summed E-state index contributed by atoms with van der Waals surface area (Å²) in [6, 6.07) is 1.58. The lowest BCUT2D eigenvalue weighted by atomic mass is 10.2. The van der Waals surface area contributed by atoms with Crippen LogP contribution in [0.3, 0.4) is 0 Å². The minimum atomic E-state index is -0.225. The van der Waals surface area contributed by atoms with Crippen molar-refractivity contribution in [1.82, 2.24) is 10.3 Å². The summed E-state index contributed by atoms with van der Waals surface area (Å²) in [7, 11) is 1.59.